The molecule has 1 aliphatic carbocycles. The van der Waals surface area contributed by atoms with Crippen LogP contribution in [0, 0.1) is 17.6 Å². The predicted molar refractivity (Wildman–Crippen MR) is 97.6 cm³/mol. The van der Waals surface area contributed by atoms with Gasteiger partial charge in [0.15, 0.2) is 0 Å². The molecule has 0 bridgehead atoms. The lowest BCUT2D eigenvalue weighted by Gasteiger charge is -2.33. The summed E-state index contributed by atoms with van der Waals surface area (Å²) in [5, 5.41) is 16.9. The van der Waals surface area contributed by atoms with E-state index in [0.29, 0.717) is 11.5 Å². The Morgan fingerprint density at radius 3 is 2.23 bits per heavy atom. The maximum atomic E-state index is 13.7. The Balaban J connectivity index is 2.25. The number of aliphatic hydroxyl groups is 1. The fourth-order valence-corrected chi connectivity index (χ4v) is 3.33. The smallest absolute Gasteiger partial charge is 0.217 e. The van der Waals surface area contributed by atoms with E-state index in [1.807, 2.05) is 0 Å². The Morgan fingerprint density at radius 1 is 1.19 bits per heavy atom. The van der Waals surface area contributed by atoms with Crippen molar-refractivity contribution in [1.29, 1.82) is 0 Å². The largest absolute Gasteiger partial charge is 0.389 e. The first kappa shape index (κ1) is 20.8. The maximum Gasteiger partial charge on any atom is 0.217 e. The van der Waals surface area contributed by atoms with Gasteiger partial charge in [-0.1, -0.05) is 13.8 Å². The van der Waals surface area contributed by atoms with Crippen LogP contribution in [0.5, 0.6) is 0 Å². The lowest BCUT2D eigenvalue weighted by molar-refractivity contribution is -0.120. The van der Waals surface area contributed by atoms with Crippen LogP contribution in [0.15, 0.2) is 18.2 Å². The minimum Gasteiger partial charge on any atom is -0.389 e. The molecule has 1 fully saturated rings. The van der Waals surface area contributed by atoms with E-state index in [1.54, 1.807) is 6.92 Å². The van der Waals surface area contributed by atoms with Gasteiger partial charge < -0.3 is 15.7 Å². The first-order valence-corrected chi connectivity index (χ1v) is 9.31. The number of hydrogen-bond acceptors (Lipinski definition) is 3. The topological polar surface area (TPSA) is 61.4 Å². The van der Waals surface area contributed by atoms with Crippen LogP contribution in [-0.2, 0) is 4.79 Å². The zero-order valence-electron chi connectivity index (χ0n) is 16.0. The molecule has 4 nitrogen and oxygen atoms in total. The molecule has 146 valence electrons. The van der Waals surface area contributed by atoms with Crippen molar-refractivity contribution < 1.29 is 18.7 Å². The molecule has 1 aromatic rings. The molecule has 1 aliphatic rings. The summed E-state index contributed by atoms with van der Waals surface area (Å²) in [5.41, 5.74) is 0.234. The van der Waals surface area contributed by atoms with Crippen molar-refractivity contribution in [3.05, 3.63) is 35.4 Å². The molecule has 3 atom stereocenters. The average molecular weight is 368 g/mol. The molecule has 0 heterocycles. The van der Waals surface area contributed by atoms with Crippen LogP contribution < -0.4 is 10.6 Å². The molecule has 0 aromatic heterocycles. The van der Waals surface area contributed by atoms with Gasteiger partial charge >= 0.3 is 0 Å². The van der Waals surface area contributed by atoms with E-state index >= 15 is 0 Å². The lowest BCUT2D eigenvalue weighted by Crippen LogP contribution is -2.49. The van der Waals surface area contributed by atoms with Gasteiger partial charge in [0.25, 0.3) is 0 Å². The summed E-state index contributed by atoms with van der Waals surface area (Å²) < 4.78 is 27.5. The minimum atomic E-state index is -1.02. The number of halogens is 2. The van der Waals surface area contributed by atoms with E-state index in [2.05, 4.69) is 24.5 Å². The number of aliphatic hydroxyl groups excluding tert-OH is 1. The van der Waals surface area contributed by atoms with Gasteiger partial charge in [-0.15, -0.1) is 0 Å². The van der Waals surface area contributed by atoms with E-state index in [4.69, 9.17) is 0 Å². The predicted octanol–water partition coefficient (Wildman–Crippen LogP) is 3.45. The first-order valence-electron chi connectivity index (χ1n) is 9.31. The molecule has 0 saturated heterocycles. The number of rotatable bonds is 9. The van der Waals surface area contributed by atoms with Crippen molar-refractivity contribution >= 4 is 5.91 Å². The highest BCUT2D eigenvalue weighted by Gasteiger charge is 2.45. The summed E-state index contributed by atoms with van der Waals surface area (Å²) in [4.78, 5) is 11.3. The van der Waals surface area contributed by atoms with Crippen LogP contribution in [0.1, 0.15) is 65.0 Å². The highest BCUT2D eigenvalue weighted by atomic mass is 19.1. The number of amides is 1. The molecule has 0 aliphatic heterocycles. The van der Waals surface area contributed by atoms with Gasteiger partial charge in [0.05, 0.1) is 18.2 Å². The molecule has 0 radical (unpaired) electrons. The van der Waals surface area contributed by atoms with Crippen molar-refractivity contribution in [3.8, 4) is 0 Å². The van der Waals surface area contributed by atoms with E-state index in [9.17, 15) is 18.7 Å². The fraction of sp³-hybridized carbons (Fsp3) is 0.650. The van der Waals surface area contributed by atoms with Gasteiger partial charge in [0.1, 0.15) is 11.6 Å². The Labute approximate surface area is 154 Å². The summed E-state index contributed by atoms with van der Waals surface area (Å²) in [6.45, 7) is 7.37. The zero-order chi connectivity index (χ0) is 19.5. The van der Waals surface area contributed by atoms with Crippen LogP contribution >= 0.6 is 0 Å². The Morgan fingerprint density at radius 2 is 1.77 bits per heavy atom. The summed E-state index contributed by atoms with van der Waals surface area (Å²) >= 11 is 0. The van der Waals surface area contributed by atoms with Crippen molar-refractivity contribution in [1.82, 2.24) is 10.6 Å². The Hall–Kier alpha value is -1.53. The third kappa shape index (κ3) is 5.74. The van der Waals surface area contributed by atoms with E-state index in [-0.39, 0.29) is 11.4 Å². The van der Waals surface area contributed by atoms with Crippen molar-refractivity contribution in [2.75, 3.05) is 0 Å². The molecule has 3 N–H and O–H groups in total. The molecular weight excluding hydrogens is 338 g/mol. The molecular formula is C20H30F2N2O2. The molecule has 3 unspecified atom stereocenters. The lowest BCUT2D eigenvalue weighted by atomic mass is 9.93. The average Bonchev–Trinajstić information content (AvgIpc) is 3.28. The number of carbonyl (C=O) groups is 1. The molecule has 2 rings (SSSR count). The van der Waals surface area contributed by atoms with E-state index < -0.39 is 29.8 Å². The van der Waals surface area contributed by atoms with Gasteiger partial charge in [0.2, 0.25) is 5.91 Å². The third-order valence-electron chi connectivity index (χ3n) is 5.04. The second kappa shape index (κ2) is 8.44. The summed E-state index contributed by atoms with van der Waals surface area (Å²) in [7, 11) is 0. The standard InChI is InChI=1S/C20H30F2N2O2/c1-12(2)5-6-20(7-8-20)24-18(19(26)13(3)23-14(4)25)15-9-16(21)11-17(22)10-15/h9-13,18-19,24,26H,5-8H2,1-4H3,(H,23,25). The number of carbonyl (C=O) groups excluding carboxylic acids is 1. The minimum absolute atomic E-state index is 0.116. The van der Waals surface area contributed by atoms with Crippen LogP contribution in [0.25, 0.3) is 0 Å². The van der Waals surface area contributed by atoms with Gasteiger partial charge in [0, 0.05) is 18.5 Å². The SMILES string of the molecule is CC(=O)NC(C)C(O)C(NC1(CCC(C)C)CC1)c1cc(F)cc(F)c1. The second-order valence-electron chi connectivity index (χ2n) is 8.02. The zero-order valence-corrected chi connectivity index (χ0v) is 16.0. The molecule has 1 amide bonds. The number of benzene rings is 1. The van der Waals surface area contributed by atoms with Gasteiger partial charge in [-0.05, 0) is 56.2 Å². The fourth-order valence-electron chi connectivity index (χ4n) is 3.33. The maximum absolute atomic E-state index is 13.7. The van der Waals surface area contributed by atoms with Crippen molar-refractivity contribution in [2.24, 2.45) is 5.92 Å². The van der Waals surface area contributed by atoms with E-state index in [1.165, 1.54) is 19.1 Å². The van der Waals surface area contributed by atoms with Gasteiger partial charge in [-0.2, -0.15) is 0 Å². The molecule has 26 heavy (non-hydrogen) atoms. The summed E-state index contributed by atoms with van der Waals surface area (Å²) in [6, 6.07) is 2.07. The number of hydrogen-bond donors (Lipinski definition) is 3. The Bertz CT molecular complexity index is 612. The van der Waals surface area contributed by atoms with Crippen LogP contribution in [0.3, 0.4) is 0 Å². The summed E-state index contributed by atoms with van der Waals surface area (Å²) in [6.07, 6.45) is 2.90. The summed E-state index contributed by atoms with van der Waals surface area (Å²) in [5.74, 6) is -1.07. The van der Waals surface area contributed by atoms with Crippen molar-refractivity contribution in [2.45, 2.75) is 77.1 Å². The van der Waals surface area contributed by atoms with E-state index in [0.717, 1.165) is 31.7 Å². The highest BCUT2D eigenvalue weighted by molar-refractivity contribution is 5.73. The quantitative estimate of drug-likeness (QED) is 0.626. The molecule has 1 aromatic carbocycles. The molecule has 0 spiro atoms. The number of nitrogens with one attached hydrogen (secondary N) is 2. The monoisotopic (exact) mass is 368 g/mol. The first-order chi connectivity index (χ1) is 12.1. The second-order valence-corrected chi connectivity index (χ2v) is 8.02. The third-order valence-corrected chi connectivity index (χ3v) is 5.04. The Kier molecular flexibility index (Phi) is 6.74. The highest BCUT2D eigenvalue weighted by Crippen LogP contribution is 2.43. The van der Waals surface area contributed by atoms with Crippen LogP contribution in [0.4, 0.5) is 8.78 Å². The normalized spacial score (nSPS) is 19.1. The van der Waals surface area contributed by atoms with Crippen LogP contribution in [0.2, 0.25) is 0 Å². The molecule has 6 heteroatoms. The van der Waals surface area contributed by atoms with Crippen LogP contribution in [-0.4, -0.2) is 28.7 Å². The van der Waals surface area contributed by atoms with Gasteiger partial charge in [-0.25, -0.2) is 8.78 Å². The molecule has 1 saturated carbocycles. The van der Waals surface area contributed by atoms with Crippen molar-refractivity contribution in [3.63, 3.8) is 0 Å². The van der Waals surface area contributed by atoms with Gasteiger partial charge in [-0.3, -0.25) is 4.79 Å².